The maximum Gasteiger partial charge on any atom is 0.361 e. The van der Waals surface area contributed by atoms with E-state index in [-0.39, 0.29) is 38.2 Å². The zero-order chi connectivity index (χ0) is 70.4. The van der Waals surface area contributed by atoms with Crippen LogP contribution < -0.4 is 0 Å². The van der Waals surface area contributed by atoms with Gasteiger partial charge in [0.1, 0.15) is 13.2 Å². The molecule has 0 saturated carbocycles. The van der Waals surface area contributed by atoms with Gasteiger partial charge in [-0.2, -0.15) is 0 Å². The van der Waals surface area contributed by atoms with E-state index in [0.29, 0.717) is 17.4 Å². The second kappa shape index (κ2) is 77.9. The Kier molecular flexibility index (Phi) is 74.9. The fourth-order valence-electron chi connectivity index (χ4n) is 12.1. The lowest BCUT2D eigenvalue weighted by molar-refractivity contribution is -0.870. The number of likely N-dealkylation sites (N-methyl/N-ethyl adjacent to an activating group) is 1. The number of unbranched alkanes of at least 4 members (excludes halogenated alkanes) is 46. The molecule has 97 heavy (non-hydrogen) atoms. The van der Waals surface area contributed by atoms with Crippen LogP contribution in [0, 0.1) is 0 Å². The molecule has 0 aliphatic rings. The molecule has 0 spiro atoms. The van der Waals surface area contributed by atoms with Crippen molar-refractivity contribution >= 4 is 17.9 Å². The van der Waals surface area contributed by atoms with Gasteiger partial charge < -0.3 is 28.5 Å². The van der Waals surface area contributed by atoms with Crippen LogP contribution in [0.3, 0.4) is 0 Å². The lowest BCUT2D eigenvalue weighted by Crippen LogP contribution is -2.40. The SMILES string of the molecule is CC/C=C\C/C=C\C/C=C\C/C=C\C/C=C\CCCCCCCCCCCCCCCCCC(=O)OC(COC(=O)CCCCCCCCCCCCCCCCCCCCCCCCCCCC/C=C\C/C=C\C/C=C\CCCCCCC)COC(OCC[N+](C)(C)C)C(=O)O. The molecule has 9 heteroatoms. The van der Waals surface area contributed by atoms with Crippen LogP contribution in [0.5, 0.6) is 0 Å². The summed E-state index contributed by atoms with van der Waals surface area (Å²) in [6.45, 7) is 4.80. The summed E-state index contributed by atoms with van der Waals surface area (Å²) >= 11 is 0. The molecule has 0 fully saturated rings. The maximum absolute atomic E-state index is 13.0. The Morgan fingerprint density at radius 3 is 0.876 bits per heavy atom. The number of carbonyl (C=O) groups is 3. The van der Waals surface area contributed by atoms with Crippen molar-refractivity contribution in [2.75, 3.05) is 47.5 Å². The summed E-state index contributed by atoms with van der Waals surface area (Å²) in [6, 6.07) is 0. The fourth-order valence-corrected chi connectivity index (χ4v) is 12.1. The molecule has 0 radical (unpaired) electrons. The van der Waals surface area contributed by atoms with Crippen LogP contribution >= 0.6 is 0 Å². The third-order valence-corrected chi connectivity index (χ3v) is 18.3. The highest BCUT2D eigenvalue weighted by Gasteiger charge is 2.25. The fraction of sp³-hybridized carbons (Fsp3) is 0.784. The Balaban J connectivity index is 3.96. The molecule has 9 nitrogen and oxygen atoms in total. The first-order valence-electron chi connectivity index (χ1n) is 41.4. The standard InChI is InChI=1S/C88H157NO8/c1-6-8-10-12-14-16-18-20-22-24-26-28-30-32-34-36-38-39-40-41-42-43-44-45-46-47-49-50-52-54-56-58-60-62-64-66-68-70-72-74-76-78-85(90)95-82-84(83-96-88(87(92)93)94-81-80-89(3,4)5)97-86(91)79-77-75-73-71-69-67-65-63-61-59-57-55-53-51-48-37-35-33-31-29-27-25-23-21-19-17-15-13-11-9-7-2/h9,11,15,17-18,20-21,23-24,26-27,29-30,32-33,35,84,88H,6-8,10,12-14,16,19,22,25,28,31,34,36-83H2,1-5H3/p+1/b11-9-,17-15-,20-18-,23-21-,26-24-,29-27-,32-30-,35-33-. The van der Waals surface area contributed by atoms with Gasteiger partial charge in [-0.05, 0) is 96.3 Å². The highest BCUT2D eigenvalue weighted by molar-refractivity contribution is 5.71. The summed E-state index contributed by atoms with van der Waals surface area (Å²) in [5.41, 5.74) is 0. The summed E-state index contributed by atoms with van der Waals surface area (Å²) < 4.78 is 23.1. The van der Waals surface area contributed by atoms with Crippen molar-refractivity contribution in [1.82, 2.24) is 0 Å². The zero-order valence-electron chi connectivity index (χ0n) is 64.5. The minimum atomic E-state index is -1.51. The molecular formula is C88H158NO8+. The van der Waals surface area contributed by atoms with Crippen molar-refractivity contribution < 1.29 is 42.9 Å². The normalized spacial score (nSPS) is 13.1. The summed E-state index contributed by atoms with van der Waals surface area (Å²) in [6.07, 6.45) is 106. The minimum Gasteiger partial charge on any atom is -0.477 e. The zero-order valence-corrected chi connectivity index (χ0v) is 64.5. The van der Waals surface area contributed by atoms with E-state index in [1.54, 1.807) is 0 Å². The van der Waals surface area contributed by atoms with Gasteiger partial charge in [0, 0.05) is 12.8 Å². The molecule has 1 N–H and O–H groups in total. The van der Waals surface area contributed by atoms with Crippen LogP contribution in [0.2, 0.25) is 0 Å². The molecule has 0 aromatic rings. The van der Waals surface area contributed by atoms with Gasteiger partial charge in [0.2, 0.25) is 0 Å². The number of hydrogen-bond acceptors (Lipinski definition) is 7. The number of hydrogen-bond donors (Lipinski definition) is 1. The van der Waals surface area contributed by atoms with Crippen molar-refractivity contribution in [3.05, 3.63) is 97.2 Å². The lowest BCUT2D eigenvalue weighted by Gasteiger charge is -2.25. The second-order valence-corrected chi connectivity index (χ2v) is 29.1. The van der Waals surface area contributed by atoms with Gasteiger partial charge in [-0.3, -0.25) is 9.59 Å². The molecule has 0 aromatic carbocycles. The molecule has 0 heterocycles. The monoisotopic (exact) mass is 1360 g/mol. The van der Waals surface area contributed by atoms with Gasteiger partial charge in [-0.1, -0.05) is 374 Å². The Bertz CT molecular complexity index is 1920. The molecule has 0 saturated heterocycles. The highest BCUT2D eigenvalue weighted by Crippen LogP contribution is 2.19. The number of carbonyl (C=O) groups excluding carboxylic acids is 2. The number of ether oxygens (including phenoxy) is 4. The predicted octanol–water partition coefficient (Wildman–Crippen LogP) is 26.7. The van der Waals surface area contributed by atoms with Crippen molar-refractivity contribution in [3.8, 4) is 0 Å². The molecular weight excluding hydrogens is 1200 g/mol. The first-order chi connectivity index (χ1) is 47.6. The van der Waals surface area contributed by atoms with Crippen molar-refractivity contribution in [2.45, 2.75) is 399 Å². The first-order valence-corrected chi connectivity index (χ1v) is 41.4. The molecule has 2 atom stereocenters. The number of carboxylic acid groups (broad SMARTS) is 1. The number of quaternary nitrogens is 1. The van der Waals surface area contributed by atoms with Crippen molar-refractivity contribution in [2.24, 2.45) is 0 Å². The summed E-state index contributed by atoms with van der Waals surface area (Å²) in [5.74, 6) is -1.98. The molecule has 0 amide bonds. The maximum atomic E-state index is 13.0. The number of esters is 2. The van der Waals surface area contributed by atoms with Crippen LogP contribution in [-0.4, -0.2) is 87.4 Å². The third kappa shape index (κ3) is 79.4. The van der Waals surface area contributed by atoms with Crippen LogP contribution in [0.25, 0.3) is 0 Å². The van der Waals surface area contributed by atoms with Gasteiger partial charge in [0.25, 0.3) is 6.29 Å². The first kappa shape index (κ1) is 93.2. The molecule has 0 aliphatic heterocycles. The van der Waals surface area contributed by atoms with Crippen LogP contribution in [-0.2, 0) is 33.3 Å². The van der Waals surface area contributed by atoms with Crippen molar-refractivity contribution in [3.63, 3.8) is 0 Å². The van der Waals surface area contributed by atoms with Gasteiger partial charge in [0.15, 0.2) is 6.10 Å². The third-order valence-electron chi connectivity index (χ3n) is 18.3. The van der Waals surface area contributed by atoms with Crippen molar-refractivity contribution in [1.29, 1.82) is 0 Å². The molecule has 0 aliphatic carbocycles. The Labute approximate surface area is 601 Å². The molecule has 2 unspecified atom stereocenters. The van der Waals surface area contributed by atoms with E-state index >= 15 is 0 Å². The number of nitrogens with zero attached hydrogens (tertiary/aromatic N) is 1. The molecule has 0 bridgehead atoms. The van der Waals surface area contributed by atoms with E-state index in [0.717, 1.165) is 83.5 Å². The quantitative estimate of drug-likeness (QED) is 0.0211. The van der Waals surface area contributed by atoms with E-state index in [1.165, 1.54) is 276 Å². The number of carboxylic acids is 1. The average molecular weight is 1360 g/mol. The highest BCUT2D eigenvalue weighted by atomic mass is 16.7. The van der Waals surface area contributed by atoms with Gasteiger partial charge in [-0.25, -0.2) is 4.79 Å². The van der Waals surface area contributed by atoms with E-state index in [1.807, 2.05) is 21.1 Å². The van der Waals surface area contributed by atoms with E-state index in [9.17, 15) is 19.5 Å². The van der Waals surface area contributed by atoms with E-state index in [4.69, 9.17) is 18.9 Å². The van der Waals surface area contributed by atoms with E-state index < -0.39 is 18.4 Å². The average Bonchev–Trinajstić information content (AvgIpc) is 2.39. The van der Waals surface area contributed by atoms with Gasteiger partial charge >= 0.3 is 17.9 Å². The summed E-state index contributed by atoms with van der Waals surface area (Å²) in [5, 5.41) is 9.78. The van der Waals surface area contributed by atoms with Gasteiger partial charge in [-0.15, -0.1) is 0 Å². The number of allylic oxidation sites excluding steroid dienone is 16. The lowest BCUT2D eigenvalue weighted by atomic mass is 10.0. The van der Waals surface area contributed by atoms with Crippen LogP contribution in [0.15, 0.2) is 97.2 Å². The Morgan fingerprint density at radius 2 is 0.588 bits per heavy atom. The summed E-state index contributed by atoms with van der Waals surface area (Å²) in [7, 11) is 5.99. The van der Waals surface area contributed by atoms with Crippen LogP contribution in [0.4, 0.5) is 0 Å². The smallest absolute Gasteiger partial charge is 0.361 e. The predicted molar refractivity (Wildman–Crippen MR) is 419 cm³/mol. The van der Waals surface area contributed by atoms with Crippen LogP contribution in [0.1, 0.15) is 386 Å². The Morgan fingerprint density at radius 1 is 0.320 bits per heavy atom. The van der Waals surface area contributed by atoms with Gasteiger partial charge in [0.05, 0.1) is 34.4 Å². The minimum absolute atomic E-state index is 0.180. The molecule has 0 aromatic heterocycles. The topological polar surface area (TPSA) is 108 Å². The summed E-state index contributed by atoms with van der Waals surface area (Å²) in [4.78, 5) is 37.8. The largest absolute Gasteiger partial charge is 0.477 e. The molecule has 562 valence electrons. The number of aliphatic carboxylic acids is 1. The van der Waals surface area contributed by atoms with E-state index in [2.05, 4.69) is 111 Å². The number of rotatable bonds is 77. The second-order valence-electron chi connectivity index (χ2n) is 29.1. The Hall–Kier alpha value is -3.79. The molecule has 0 rings (SSSR count).